The van der Waals surface area contributed by atoms with E-state index in [-0.39, 0.29) is 18.6 Å². The number of hydrogen-bond donors (Lipinski definition) is 2. The van der Waals surface area contributed by atoms with E-state index in [9.17, 15) is 13.2 Å². The molecule has 0 bridgehead atoms. The Morgan fingerprint density at radius 1 is 1.40 bits per heavy atom. The molecule has 2 amide bonds. The summed E-state index contributed by atoms with van der Waals surface area (Å²) in [7, 11) is -1.60. The van der Waals surface area contributed by atoms with Crippen LogP contribution in [-0.2, 0) is 14.8 Å². The minimum Gasteiger partial charge on any atom is -0.385 e. The summed E-state index contributed by atoms with van der Waals surface area (Å²) in [6.45, 7) is 2.13. The number of sulfonamides is 1. The number of nitrogens with one attached hydrogen (secondary N) is 2. The van der Waals surface area contributed by atoms with Crippen molar-refractivity contribution >= 4 is 16.1 Å². The van der Waals surface area contributed by atoms with Crippen LogP contribution in [0.3, 0.4) is 0 Å². The Labute approximate surface area is 121 Å². The minimum atomic E-state index is -3.22. The van der Waals surface area contributed by atoms with Crippen molar-refractivity contribution in [3.05, 3.63) is 0 Å². The molecule has 0 unspecified atom stereocenters. The summed E-state index contributed by atoms with van der Waals surface area (Å²) in [5.74, 6) is 0. The first-order chi connectivity index (χ1) is 9.44. The maximum Gasteiger partial charge on any atom is 0.317 e. The Kier molecular flexibility index (Phi) is 7.25. The van der Waals surface area contributed by atoms with Crippen molar-refractivity contribution in [1.82, 2.24) is 14.9 Å². The third kappa shape index (κ3) is 6.53. The van der Waals surface area contributed by atoms with E-state index in [1.54, 1.807) is 12.0 Å². The zero-order chi connectivity index (χ0) is 15.0. The van der Waals surface area contributed by atoms with Crippen LogP contribution in [0.4, 0.5) is 4.79 Å². The van der Waals surface area contributed by atoms with Crippen LogP contribution in [-0.4, -0.2) is 65.0 Å². The largest absolute Gasteiger partial charge is 0.385 e. The Balaban J connectivity index is 2.44. The monoisotopic (exact) mass is 307 g/mol. The number of nitrogens with zero attached hydrogens (tertiary/aromatic N) is 1. The van der Waals surface area contributed by atoms with E-state index in [0.29, 0.717) is 19.7 Å². The summed E-state index contributed by atoms with van der Waals surface area (Å²) < 4.78 is 29.7. The maximum atomic E-state index is 12.1. The number of amides is 2. The van der Waals surface area contributed by atoms with Gasteiger partial charge in [0.15, 0.2) is 0 Å². The van der Waals surface area contributed by atoms with Crippen molar-refractivity contribution in [2.45, 2.75) is 31.7 Å². The summed E-state index contributed by atoms with van der Waals surface area (Å²) in [6.07, 6.45) is 4.70. The molecular weight excluding hydrogens is 282 g/mol. The van der Waals surface area contributed by atoms with Crippen molar-refractivity contribution in [1.29, 1.82) is 0 Å². The van der Waals surface area contributed by atoms with Crippen LogP contribution >= 0.6 is 0 Å². The minimum absolute atomic E-state index is 0.0686. The summed E-state index contributed by atoms with van der Waals surface area (Å²) in [5, 5.41) is 2.84. The lowest BCUT2D eigenvalue weighted by molar-refractivity contribution is 0.150. The molecule has 1 rings (SSSR count). The average molecular weight is 307 g/mol. The molecule has 1 fully saturated rings. The van der Waals surface area contributed by atoms with Crippen LogP contribution in [0.5, 0.6) is 0 Å². The highest BCUT2D eigenvalue weighted by Gasteiger charge is 2.26. The van der Waals surface area contributed by atoms with Gasteiger partial charge in [0, 0.05) is 39.4 Å². The highest BCUT2D eigenvalue weighted by Crippen LogP contribution is 2.16. The van der Waals surface area contributed by atoms with Gasteiger partial charge in [-0.2, -0.15) is 0 Å². The first-order valence-corrected chi connectivity index (χ1v) is 8.81. The smallest absolute Gasteiger partial charge is 0.317 e. The molecule has 0 saturated carbocycles. The van der Waals surface area contributed by atoms with Crippen molar-refractivity contribution < 1.29 is 17.9 Å². The van der Waals surface area contributed by atoms with Crippen molar-refractivity contribution in [3.63, 3.8) is 0 Å². The summed E-state index contributed by atoms with van der Waals surface area (Å²) in [6, 6.07) is -0.193. The molecule has 2 N–H and O–H groups in total. The molecule has 20 heavy (non-hydrogen) atoms. The quantitative estimate of drug-likeness (QED) is 0.655. The lowest BCUT2D eigenvalue weighted by atomic mass is 10.0. The van der Waals surface area contributed by atoms with Crippen LogP contribution in [0.25, 0.3) is 0 Å². The van der Waals surface area contributed by atoms with Gasteiger partial charge in [-0.05, 0) is 25.7 Å². The Morgan fingerprint density at radius 3 is 2.80 bits per heavy atom. The third-order valence-electron chi connectivity index (χ3n) is 3.27. The molecule has 0 spiro atoms. The molecule has 1 aliphatic heterocycles. The Bertz CT molecular complexity index is 400. The molecule has 1 saturated heterocycles. The molecule has 7 nitrogen and oxygen atoms in total. The molecule has 0 aromatic heterocycles. The van der Waals surface area contributed by atoms with E-state index in [1.807, 2.05) is 0 Å². The number of carbonyl (C=O) groups excluding carboxylic acids is 1. The number of urea groups is 1. The number of carbonyl (C=O) groups is 1. The molecule has 0 aliphatic carbocycles. The van der Waals surface area contributed by atoms with Gasteiger partial charge in [-0.25, -0.2) is 17.9 Å². The predicted octanol–water partition coefficient (Wildman–Crippen LogP) is 0.136. The van der Waals surface area contributed by atoms with Crippen LogP contribution in [0.15, 0.2) is 0 Å². The van der Waals surface area contributed by atoms with Crippen molar-refractivity contribution in [2.75, 3.05) is 39.6 Å². The molecular formula is C12H25N3O4S. The normalized spacial score (nSPS) is 19.9. The fourth-order valence-electron chi connectivity index (χ4n) is 2.24. The van der Waals surface area contributed by atoms with Crippen LogP contribution in [0.1, 0.15) is 25.7 Å². The number of ether oxygens (including phenoxy) is 1. The van der Waals surface area contributed by atoms with Gasteiger partial charge in [0.05, 0.1) is 6.26 Å². The topological polar surface area (TPSA) is 87.7 Å². The van der Waals surface area contributed by atoms with Gasteiger partial charge in [0.1, 0.15) is 0 Å². The van der Waals surface area contributed by atoms with E-state index in [0.717, 1.165) is 31.9 Å². The summed E-state index contributed by atoms with van der Waals surface area (Å²) >= 11 is 0. The van der Waals surface area contributed by atoms with Gasteiger partial charge in [-0.3, -0.25) is 0 Å². The van der Waals surface area contributed by atoms with Crippen LogP contribution in [0.2, 0.25) is 0 Å². The Hall–Kier alpha value is -0.860. The lowest BCUT2D eigenvalue weighted by Crippen LogP contribution is -2.52. The SMILES string of the molecule is COCCCNC(=O)N1CCCC[C@H]1CNS(C)(=O)=O. The van der Waals surface area contributed by atoms with E-state index in [2.05, 4.69) is 10.0 Å². The molecule has 1 atom stereocenters. The highest BCUT2D eigenvalue weighted by atomic mass is 32.2. The van der Waals surface area contributed by atoms with E-state index < -0.39 is 10.0 Å². The summed E-state index contributed by atoms with van der Waals surface area (Å²) in [5.41, 5.74) is 0. The van der Waals surface area contributed by atoms with E-state index in [4.69, 9.17) is 4.74 Å². The highest BCUT2D eigenvalue weighted by molar-refractivity contribution is 7.88. The van der Waals surface area contributed by atoms with Gasteiger partial charge >= 0.3 is 6.03 Å². The zero-order valence-corrected chi connectivity index (χ0v) is 13.0. The van der Waals surface area contributed by atoms with Crippen molar-refractivity contribution in [3.8, 4) is 0 Å². The second-order valence-electron chi connectivity index (χ2n) is 5.04. The predicted molar refractivity (Wildman–Crippen MR) is 77.1 cm³/mol. The van der Waals surface area contributed by atoms with Gasteiger partial charge in [-0.15, -0.1) is 0 Å². The van der Waals surface area contributed by atoms with E-state index >= 15 is 0 Å². The summed E-state index contributed by atoms with van der Waals surface area (Å²) in [4.78, 5) is 13.8. The second-order valence-corrected chi connectivity index (χ2v) is 6.87. The maximum absolute atomic E-state index is 12.1. The van der Waals surface area contributed by atoms with Crippen LogP contribution in [0, 0.1) is 0 Å². The second kappa shape index (κ2) is 8.43. The van der Waals surface area contributed by atoms with Crippen molar-refractivity contribution in [2.24, 2.45) is 0 Å². The van der Waals surface area contributed by atoms with Gasteiger partial charge in [0.25, 0.3) is 0 Å². The van der Waals surface area contributed by atoms with Crippen LogP contribution < -0.4 is 10.0 Å². The molecule has 0 aromatic rings. The molecule has 0 radical (unpaired) electrons. The number of rotatable bonds is 7. The number of methoxy groups -OCH3 is 1. The van der Waals surface area contributed by atoms with Gasteiger partial charge in [-0.1, -0.05) is 0 Å². The molecule has 1 aliphatic rings. The zero-order valence-electron chi connectivity index (χ0n) is 12.2. The number of piperidine rings is 1. The molecule has 0 aromatic carbocycles. The molecule has 118 valence electrons. The average Bonchev–Trinajstić information content (AvgIpc) is 2.40. The number of hydrogen-bond acceptors (Lipinski definition) is 4. The van der Waals surface area contributed by atoms with Gasteiger partial charge in [0.2, 0.25) is 10.0 Å². The number of likely N-dealkylation sites (tertiary alicyclic amines) is 1. The fourth-order valence-corrected chi connectivity index (χ4v) is 2.74. The third-order valence-corrected chi connectivity index (χ3v) is 3.96. The fraction of sp³-hybridized carbons (Fsp3) is 0.917. The first-order valence-electron chi connectivity index (χ1n) is 6.92. The first kappa shape index (κ1) is 17.2. The molecule has 8 heteroatoms. The Morgan fingerprint density at radius 2 is 2.15 bits per heavy atom. The molecule has 1 heterocycles. The van der Waals surface area contributed by atoms with E-state index in [1.165, 1.54) is 0 Å². The standard InChI is InChI=1S/C12H25N3O4S/c1-19-9-5-7-13-12(16)15-8-4-3-6-11(15)10-14-20(2,17)18/h11,14H,3-10H2,1-2H3,(H,13,16)/t11-/m0/s1. The lowest BCUT2D eigenvalue weighted by Gasteiger charge is -2.35. The van der Waals surface area contributed by atoms with Gasteiger partial charge < -0.3 is 15.0 Å².